The number of Topliss-reactive ketones (excluding diaryl/α,β-unsaturated/α-hetero) is 1. The minimum atomic E-state index is 0.276. The molecule has 0 spiro atoms. The van der Waals surface area contributed by atoms with Gasteiger partial charge in [0, 0.05) is 13.0 Å². The molecule has 0 unspecified atom stereocenters. The van der Waals surface area contributed by atoms with Gasteiger partial charge in [0.05, 0.1) is 8.66 Å². The molecule has 1 aliphatic rings. The Morgan fingerprint density at radius 2 is 2.13 bits per heavy atom. The summed E-state index contributed by atoms with van der Waals surface area (Å²) in [7, 11) is 0. The highest BCUT2D eigenvalue weighted by Crippen LogP contribution is 2.23. The number of halogens is 1. The fourth-order valence-electron chi connectivity index (χ4n) is 1.85. The van der Waals surface area contributed by atoms with Gasteiger partial charge in [-0.1, -0.05) is 0 Å². The van der Waals surface area contributed by atoms with Crippen molar-refractivity contribution in [2.75, 3.05) is 19.6 Å². The van der Waals surface area contributed by atoms with Gasteiger partial charge in [0.15, 0.2) is 5.78 Å². The number of carbonyl (C=O) groups is 1. The average molecular weight is 288 g/mol. The van der Waals surface area contributed by atoms with Crippen LogP contribution in [-0.2, 0) is 0 Å². The molecule has 0 amide bonds. The van der Waals surface area contributed by atoms with E-state index < -0.39 is 0 Å². The second-order valence-corrected chi connectivity index (χ2v) is 6.29. The Balaban J connectivity index is 1.81. The molecule has 1 fully saturated rings. The van der Waals surface area contributed by atoms with Crippen molar-refractivity contribution >= 4 is 33.0 Å². The zero-order valence-corrected chi connectivity index (χ0v) is 10.9. The van der Waals surface area contributed by atoms with Gasteiger partial charge in [-0.15, -0.1) is 11.3 Å². The van der Waals surface area contributed by atoms with Crippen molar-refractivity contribution in [2.24, 2.45) is 0 Å². The average Bonchev–Trinajstić information content (AvgIpc) is 2.84. The topological polar surface area (TPSA) is 20.3 Å². The van der Waals surface area contributed by atoms with Crippen molar-refractivity contribution in [2.45, 2.75) is 19.3 Å². The van der Waals surface area contributed by atoms with Crippen LogP contribution in [0.5, 0.6) is 0 Å². The Bertz CT molecular complexity index is 344. The van der Waals surface area contributed by atoms with Crippen molar-refractivity contribution in [3.05, 3.63) is 20.8 Å². The number of likely N-dealkylation sites (tertiary alicyclic amines) is 1. The van der Waals surface area contributed by atoms with E-state index in [2.05, 4.69) is 20.8 Å². The lowest BCUT2D eigenvalue weighted by Gasteiger charge is -2.12. The molecule has 1 saturated heterocycles. The molecule has 0 bridgehead atoms. The van der Waals surface area contributed by atoms with Crippen LogP contribution in [0.15, 0.2) is 15.9 Å². The molecule has 0 radical (unpaired) electrons. The zero-order chi connectivity index (χ0) is 10.7. The monoisotopic (exact) mass is 287 g/mol. The third-order valence-corrected chi connectivity index (χ3v) is 4.37. The summed E-state index contributed by atoms with van der Waals surface area (Å²) in [5.74, 6) is 0.276. The molecule has 0 saturated carbocycles. The fraction of sp³-hybridized carbons (Fsp3) is 0.545. The van der Waals surface area contributed by atoms with Crippen LogP contribution < -0.4 is 0 Å². The largest absolute Gasteiger partial charge is 0.303 e. The number of carbonyl (C=O) groups excluding carboxylic acids is 1. The molecule has 1 aliphatic heterocycles. The van der Waals surface area contributed by atoms with E-state index in [0.29, 0.717) is 6.42 Å². The van der Waals surface area contributed by atoms with Crippen molar-refractivity contribution in [3.8, 4) is 0 Å². The van der Waals surface area contributed by atoms with E-state index >= 15 is 0 Å². The predicted molar refractivity (Wildman–Crippen MR) is 66.6 cm³/mol. The van der Waals surface area contributed by atoms with E-state index in [1.54, 1.807) is 0 Å². The molecule has 0 N–H and O–H groups in total. The lowest BCUT2D eigenvalue weighted by molar-refractivity contribution is 0.0973. The summed E-state index contributed by atoms with van der Waals surface area (Å²) in [6, 6.07) is 3.84. The maximum absolute atomic E-state index is 11.8. The van der Waals surface area contributed by atoms with Crippen LogP contribution in [0.2, 0.25) is 0 Å². The highest BCUT2D eigenvalue weighted by Gasteiger charge is 2.14. The molecule has 2 heterocycles. The molecule has 2 rings (SSSR count). The molecule has 0 aromatic carbocycles. The molecule has 0 atom stereocenters. The summed E-state index contributed by atoms with van der Waals surface area (Å²) < 4.78 is 1.03. The van der Waals surface area contributed by atoms with Crippen molar-refractivity contribution in [1.29, 1.82) is 0 Å². The maximum Gasteiger partial charge on any atom is 0.174 e. The molecule has 0 aliphatic carbocycles. The van der Waals surface area contributed by atoms with E-state index in [-0.39, 0.29) is 5.78 Å². The molecule has 4 heteroatoms. The molecule has 2 nitrogen and oxygen atoms in total. The van der Waals surface area contributed by atoms with Gasteiger partial charge >= 0.3 is 0 Å². The normalized spacial score (nSPS) is 17.1. The van der Waals surface area contributed by atoms with E-state index in [4.69, 9.17) is 0 Å². The van der Waals surface area contributed by atoms with E-state index in [1.165, 1.54) is 37.3 Å². The minimum Gasteiger partial charge on any atom is -0.303 e. The SMILES string of the molecule is O=C(CCN1CCCC1)c1ccc(Br)s1. The number of nitrogens with zero attached hydrogens (tertiary/aromatic N) is 1. The van der Waals surface area contributed by atoms with Crippen LogP contribution in [0.4, 0.5) is 0 Å². The highest BCUT2D eigenvalue weighted by molar-refractivity contribution is 9.11. The molecular formula is C11H14BrNOS. The quantitative estimate of drug-likeness (QED) is 0.793. The Morgan fingerprint density at radius 1 is 1.40 bits per heavy atom. The summed E-state index contributed by atoms with van der Waals surface area (Å²) >= 11 is 4.90. The lowest BCUT2D eigenvalue weighted by Crippen LogP contribution is -2.22. The Morgan fingerprint density at radius 3 is 2.73 bits per heavy atom. The number of hydrogen-bond acceptors (Lipinski definition) is 3. The predicted octanol–water partition coefficient (Wildman–Crippen LogP) is 3.18. The van der Waals surface area contributed by atoms with Crippen molar-refractivity contribution < 1.29 is 4.79 Å². The molecular weight excluding hydrogens is 274 g/mol. The van der Waals surface area contributed by atoms with E-state index in [9.17, 15) is 4.79 Å². The molecule has 1 aromatic rings. The van der Waals surface area contributed by atoms with Gasteiger partial charge in [-0.2, -0.15) is 0 Å². The first-order valence-electron chi connectivity index (χ1n) is 5.26. The number of rotatable bonds is 4. The van der Waals surface area contributed by atoms with E-state index in [1.807, 2.05) is 12.1 Å². The number of hydrogen-bond donors (Lipinski definition) is 0. The maximum atomic E-state index is 11.8. The smallest absolute Gasteiger partial charge is 0.174 e. The Kier molecular flexibility index (Phi) is 3.94. The van der Waals surface area contributed by atoms with Crippen LogP contribution in [-0.4, -0.2) is 30.3 Å². The Labute approximate surface area is 102 Å². The van der Waals surface area contributed by atoms with E-state index in [0.717, 1.165) is 15.2 Å². The van der Waals surface area contributed by atoms with Crippen LogP contribution in [0, 0.1) is 0 Å². The highest BCUT2D eigenvalue weighted by atomic mass is 79.9. The van der Waals surface area contributed by atoms with Crippen LogP contribution >= 0.6 is 27.3 Å². The number of thiophene rings is 1. The summed E-state index contributed by atoms with van der Waals surface area (Å²) in [6.45, 7) is 3.26. The van der Waals surface area contributed by atoms with Crippen molar-refractivity contribution in [3.63, 3.8) is 0 Å². The molecule has 15 heavy (non-hydrogen) atoms. The van der Waals surface area contributed by atoms with Crippen LogP contribution in [0.3, 0.4) is 0 Å². The van der Waals surface area contributed by atoms with Gasteiger partial charge in [0.2, 0.25) is 0 Å². The second kappa shape index (κ2) is 5.23. The standard InChI is InChI=1S/C11H14BrNOS/c12-11-4-3-10(15-11)9(14)5-8-13-6-1-2-7-13/h3-4H,1-2,5-8H2. The lowest BCUT2D eigenvalue weighted by atomic mass is 10.2. The van der Waals surface area contributed by atoms with Crippen LogP contribution in [0.25, 0.3) is 0 Å². The summed E-state index contributed by atoms with van der Waals surface area (Å²) in [4.78, 5) is 15.0. The van der Waals surface area contributed by atoms with Gasteiger partial charge in [-0.05, 0) is 54.0 Å². The van der Waals surface area contributed by atoms with Gasteiger partial charge in [0.25, 0.3) is 0 Å². The summed E-state index contributed by atoms with van der Waals surface area (Å²) in [5.41, 5.74) is 0. The molecule has 1 aromatic heterocycles. The fourth-order valence-corrected chi connectivity index (χ4v) is 3.21. The minimum absolute atomic E-state index is 0.276. The first-order chi connectivity index (χ1) is 7.25. The summed E-state index contributed by atoms with van der Waals surface area (Å²) in [6.07, 6.45) is 3.24. The second-order valence-electron chi connectivity index (χ2n) is 3.83. The van der Waals surface area contributed by atoms with Crippen molar-refractivity contribution in [1.82, 2.24) is 4.90 Å². The third-order valence-electron chi connectivity index (χ3n) is 2.70. The number of ketones is 1. The summed E-state index contributed by atoms with van der Waals surface area (Å²) in [5, 5.41) is 0. The Hall–Kier alpha value is -0.190. The van der Waals surface area contributed by atoms with Gasteiger partial charge in [-0.25, -0.2) is 0 Å². The third kappa shape index (κ3) is 3.13. The van der Waals surface area contributed by atoms with Gasteiger partial charge < -0.3 is 4.90 Å². The molecule has 82 valence electrons. The zero-order valence-electron chi connectivity index (χ0n) is 8.54. The van der Waals surface area contributed by atoms with Gasteiger partial charge in [0.1, 0.15) is 0 Å². The first kappa shape index (κ1) is 11.3. The van der Waals surface area contributed by atoms with Crippen LogP contribution in [0.1, 0.15) is 28.9 Å². The first-order valence-corrected chi connectivity index (χ1v) is 6.87. The van der Waals surface area contributed by atoms with Gasteiger partial charge in [-0.3, -0.25) is 4.79 Å².